The average Bonchev–Trinajstić information content (AvgIpc) is 2.93. The van der Waals surface area contributed by atoms with Crippen LogP contribution in [0.25, 0.3) is 5.57 Å². The minimum atomic E-state index is -0.528. The van der Waals surface area contributed by atoms with Gasteiger partial charge in [-0.2, -0.15) is 0 Å². The Morgan fingerprint density at radius 2 is 1.71 bits per heavy atom. The van der Waals surface area contributed by atoms with Gasteiger partial charge in [-0.05, 0) is 54.8 Å². The summed E-state index contributed by atoms with van der Waals surface area (Å²) in [7, 11) is 0. The van der Waals surface area contributed by atoms with E-state index < -0.39 is 5.79 Å². The molecule has 0 spiro atoms. The molecule has 0 saturated carbocycles. The van der Waals surface area contributed by atoms with Crippen LogP contribution < -0.4 is 4.74 Å². The molecule has 126 valence electrons. The van der Waals surface area contributed by atoms with Crippen LogP contribution in [0.1, 0.15) is 25.0 Å². The minimum absolute atomic E-state index is 0.0494. The van der Waals surface area contributed by atoms with Gasteiger partial charge in [-0.15, -0.1) is 0 Å². The van der Waals surface area contributed by atoms with Gasteiger partial charge in [0.2, 0.25) is 0 Å². The number of benzene rings is 2. The lowest BCUT2D eigenvalue weighted by Crippen LogP contribution is -2.25. The van der Waals surface area contributed by atoms with Crippen LogP contribution >= 0.6 is 0 Å². The molecule has 0 radical (unpaired) electrons. The highest BCUT2D eigenvalue weighted by Crippen LogP contribution is 2.26. The van der Waals surface area contributed by atoms with Crippen molar-refractivity contribution in [3.63, 3.8) is 0 Å². The molecule has 4 heteroatoms. The Morgan fingerprint density at radius 3 is 2.25 bits per heavy atom. The number of aromatic hydroxyl groups is 1. The zero-order chi connectivity index (χ0) is 17.2. The van der Waals surface area contributed by atoms with E-state index in [1.165, 1.54) is 0 Å². The van der Waals surface area contributed by atoms with Crippen molar-refractivity contribution in [2.75, 3.05) is 13.2 Å². The molecule has 1 N–H and O–H groups in total. The standard InChI is InChI=1S/C20H22O4/c1-14(15-4-8-17(21)9-5-15)16-6-10-18(11-7-16)22-12-19-13-23-20(2,3)24-19/h4-11,19,21H,1,12-13H2,2-3H3. The predicted molar refractivity (Wildman–Crippen MR) is 93.1 cm³/mol. The van der Waals surface area contributed by atoms with Gasteiger partial charge in [-0.1, -0.05) is 30.8 Å². The maximum absolute atomic E-state index is 9.36. The highest BCUT2D eigenvalue weighted by molar-refractivity contribution is 5.78. The number of phenolic OH excluding ortho intramolecular Hbond substituents is 1. The molecule has 1 aliphatic rings. The van der Waals surface area contributed by atoms with Crippen LogP contribution in [0.15, 0.2) is 55.1 Å². The number of hydrogen-bond donors (Lipinski definition) is 1. The number of ether oxygens (including phenoxy) is 3. The lowest BCUT2D eigenvalue weighted by Gasteiger charge is -2.17. The Labute approximate surface area is 142 Å². The highest BCUT2D eigenvalue weighted by Gasteiger charge is 2.32. The van der Waals surface area contributed by atoms with Crippen LogP contribution in [0.2, 0.25) is 0 Å². The number of rotatable bonds is 5. The highest BCUT2D eigenvalue weighted by atomic mass is 16.7. The minimum Gasteiger partial charge on any atom is -0.508 e. The van der Waals surface area contributed by atoms with Gasteiger partial charge >= 0.3 is 0 Å². The first-order valence-electron chi connectivity index (χ1n) is 7.96. The van der Waals surface area contributed by atoms with Gasteiger partial charge < -0.3 is 19.3 Å². The maximum atomic E-state index is 9.36. The van der Waals surface area contributed by atoms with Gasteiger partial charge in [0.1, 0.15) is 24.2 Å². The molecular weight excluding hydrogens is 304 g/mol. The molecule has 0 aliphatic carbocycles. The van der Waals surface area contributed by atoms with Crippen LogP contribution in [0.5, 0.6) is 11.5 Å². The first kappa shape index (κ1) is 16.6. The van der Waals surface area contributed by atoms with Crippen molar-refractivity contribution in [1.82, 2.24) is 0 Å². The van der Waals surface area contributed by atoms with E-state index in [1.54, 1.807) is 12.1 Å². The lowest BCUT2D eigenvalue weighted by atomic mass is 9.99. The van der Waals surface area contributed by atoms with Crippen LogP contribution in [-0.2, 0) is 9.47 Å². The van der Waals surface area contributed by atoms with Gasteiger partial charge in [0.15, 0.2) is 5.79 Å². The quantitative estimate of drug-likeness (QED) is 0.903. The fourth-order valence-corrected chi connectivity index (χ4v) is 2.62. The summed E-state index contributed by atoms with van der Waals surface area (Å²) in [6.45, 7) is 8.92. The number of phenols is 1. The molecule has 3 rings (SSSR count). The monoisotopic (exact) mass is 326 g/mol. The number of hydrogen-bond acceptors (Lipinski definition) is 4. The third kappa shape index (κ3) is 3.96. The summed E-state index contributed by atoms with van der Waals surface area (Å²) in [5, 5.41) is 9.36. The summed E-state index contributed by atoms with van der Waals surface area (Å²) < 4.78 is 17.0. The van der Waals surface area contributed by atoms with Gasteiger partial charge in [0.25, 0.3) is 0 Å². The molecule has 1 aliphatic heterocycles. The Kier molecular flexibility index (Phi) is 4.60. The molecule has 1 atom stereocenters. The molecule has 1 heterocycles. The maximum Gasteiger partial charge on any atom is 0.163 e. The molecule has 2 aromatic rings. The largest absolute Gasteiger partial charge is 0.508 e. The van der Waals surface area contributed by atoms with Crippen molar-refractivity contribution in [2.45, 2.75) is 25.7 Å². The van der Waals surface area contributed by atoms with Crippen molar-refractivity contribution in [1.29, 1.82) is 0 Å². The summed E-state index contributed by atoms with van der Waals surface area (Å²) >= 11 is 0. The summed E-state index contributed by atoms with van der Waals surface area (Å²) in [5.41, 5.74) is 2.88. The fraction of sp³-hybridized carbons (Fsp3) is 0.300. The normalized spacial score (nSPS) is 19.2. The zero-order valence-corrected chi connectivity index (χ0v) is 14.0. The molecule has 4 nitrogen and oxygen atoms in total. The van der Waals surface area contributed by atoms with Crippen molar-refractivity contribution >= 4 is 5.57 Å². The Hall–Kier alpha value is -2.30. The Morgan fingerprint density at radius 1 is 1.12 bits per heavy atom. The average molecular weight is 326 g/mol. The molecular formula is C20H22O4. The van der Waals surface area contributed by atoms with Crippen molar-refractivity contribution in [3.05, 3.63) is 66.2 Å². The lowest BCUT2D eigenvalue weighted by molar-refractivity contribution is -0.141. The summed E-state index contributed by atoms with van der Waals surface area (Å²) in [6.07, 6.45) is -0.0494. The van der Waals surface area contributed by atoms with Gasteiger partial charge in [0.05, 0.1) is 6.61 Å². The van der Waals surface area contributed by atoms with E-state index in [0.29, 0.717) is 13.2 Å². The second-order valence-corrected chi connectivity index (χ2v) is 6.31. The zero-order valence-electron chi connectivity index (χ0n) is 14.0. The summed E-state index contributed by atoms with van der Waals surface area (Å²) in [6, 6.07) is 14.8. The molecule has 2 aromatic carbocycles. The van der Waals surface area contributed by atoms with E-state index in [9.17, 15) is 5.11 Å². The van der Waals surface area contributed by atoms with Crippen LogP contribution in [0.4, 0.5) is 0 Å². The summed E-state index contributed by atoms with van der Waals surface area (Å²) in [4.78, 5) is 0. The third-order valence-corrected chi connectivity index (χ3v) is 3.92. The molecule has 1 unspecified atom stereocenters. The molecule has 1 fully saturated rings. The van der Waals surface area contributed by atoms with E-state index in [0.717, 1.165) is 22.4 Å². The first-order valence-corrected chi connectivity index (χ1v) is 7.96. The van der Waals surface area contributed by atoms with Crippen molar-refractivity contribution < 1.29 is 19.3 Å². The Bertz CT molecular complexity index is 701. The second-order valence-electron chi connectivity index (χ2n) is 6.31. The van der Waals surface area contributed by atoms with Crippen molar-refractivity contribution in [3.8, 4) is 11.5 Å². The van der Waals surface area contributed by atoms with Gasteiger partial charge in [0, 0.05) is 0 Å². The van der Waals surface area contributed by atoms with E-state index in [-0.39, 0.29) is 11.9 Å². The SMILES string of the molecule is C=C(c1ccc(O)cc1)c1ccc(OCC2COC(C)(C)O2)cc1. The molecule has 0 aromatic heterocycles. The third-order valence-electron chi connectivity index (χ3n) is 3.92. The molecule has 0 bridgehead atoms. The van der Waals surface area contributed by atoms with E-state index in [2.05, 4.69) is 6.58 Å². The smallest absolute Gasteiger partial charge is 0.163 e. The van der Waals surface area contributed by atoms with Crippen LogP contribution in [0, 0.1) is 0 Å². The van der Waals surface area contributed by atoms with Crippen molar-refractivity contribution in [2.24, 2.45) is 0 Å². The second kappa shape index (κ2) is 6.67. The van der Waals surface area contributed by atoms with Gasteiger partial charge in [-0.25, -0.2) is 0 Å². The van der Waals surface area contributed by atoms with E-state index in [1.807, 2.05) is 50.2 Å². The predicted octanol–water partition coefficient (Wildman–Crippen LogP) is 3.98. The van der Waals surface area contributed by atoms with E-state index in [4.69, 9.17) is 14.2 Å². The Balaban J connectivity index is 1.59. The van der Waals surface area contributed by atoms with Crippen LogP contribution in [0.3, 0.4) is 0 Å². The molecule has 1 saturated heterocycles. The molecule has 0 amide bonds. The topological polar surface area (TPSA) is 47.9 Å². The van der Waals surface area contributed by atoms with Gasteiger partial charge in [-0.3, -0.25) is 0 Å². The molecule has 24 heavy (non-hydrogen) atoms. The summed E-state index contributed by atoms with van der Waals surface area (Å²) in [5.74, 6) is 0.502. The van der Waals surface area contributed by atoms with Crippen LogP contribution in [-0.4, -0.2) is 30.2 Å². The fourth-order valence-electron chi connectivity index (χ4n) is 2.62. The van der Waals surface area contributed by atoms with E-state index >= 15 is 0 Å². The first-order chi connectivity index (χ1) is 11.4.